The molecule has 0 radical (unpaired) electrons. The minimum atomic E-state index is -1.08. The average Bonchev–Trinajstić information content (AvgIpc) is 2.52. The lowest BCUT2D eigenvalue weighted by atomic mass is 10.1. The molecule has 0 aromatic heterocycles. The summed E-state index contributed by atoms with van der Waals surface area (Å²) in [7, 11) is 0. The number of aliphatic carboxylic acids is 1. The third-order valence-corrected chi connectivity index (χ3v) is 3.46. The van der Waals surface area contributed by atoms with E-state index in [2.05, 4.69) is 10.6 Å². The number of hydrogen-bond acceptors (Lipinski definition) is 3. The first kappa shape index (κ1) is 18.7. The Labute approximate surface area is 136 Å². The first-order valence-corrected chi connectivity index (χ1v) is 7.84. The van der Waals surface area contributed by atoms with Crippen molar-refractivity contribution in [3.63, 3.8) is 0 Å². The molecule has 2 amide bonds. The van der Waals surface area contributed by atoms with Crippen molar-refractivity contribution in [2.45, 2.75) is 51.6 Å². The van der Waals surface area contributed by atoms with Crippen molar-refractivity contribution >= 4 is 17.8 Å². The second-order valence-electron chi connectivity index (χ2n) is 5.38. The molecule has 126 valence electrons. The second kappa shape index (κ2) is 9.61. The van der Waals surface area contributed by atoms with Gasteiger partial charge in [-0.2, -0.15) is 0 Å². The molecule has 0 aliphatic rings. The quantitative estimate of drug-likeness (QED) is 0.642. The summed E-state index contributed by atoms with van der Waals surface area (Å²) < 4.78 is 0. The van der Waals surface area contributed by atoms with Crippen LogP contribution in [0.2, 0.25) is 0 Å². The van der Waals surface area contributed by atoms with Gasteiger partial charge in [-0.25, -0.2) is 4.79 Å². The molecule has 1 aromatic rings. The minimum Gasteiger partial charge on any atom is -0.480 e. The van der Waals surface area contributed by atoms with Gasteiger partial charge in [0.2, 0.25) is 11.8 Å². The van der Waals surface area contributed by atoms with Gasteiger partial charge in [0.1, 0.15) is 12.1 Å². The van der Waals surface area contributed by atoms with Gasteiger partial charge >= 0.3 is 5.97 Å². The van der Waals surface area contributed by atoms with Crippen LogP contribution in [0.1, 0.15) is 38.7 Å². The Balaban J connectivity index is 2.64. The Morgan fingerprint density at radius 1 is 1.04 bits per heavy atom. The minimum absolute atomic E-state index is 0.185. The van der Waals surface area contributed by atoms with Crippen LogP contribution in [0.25, 0.3) is 0 Å². The normalized spacial score (nSPS) is 13.0. The van der Waals surface area contributed by atoms with E-state index in [-0.39, 0.29) is 18.7 Å². The van der Waals surface area contributed by atoms with Crippen LogP contribution in [-0.2, 0) is 20.8 Å². The largest absolute Gasteiger partial charge is 0.480 e. The Morgan fingerprint density at radius 3 is 2.22 bits per heavy atom. The lowest BCUT2D eigenvalue weighted by molar-refractivity contribution is -0.142. The lowest BCUT2D eigenvalue weighted by Gasteiger charge is -2.20. The summed E-state index contributed by atoms with van der Waals surface area (Å²) >= 11 is 0. The summed E-state index contributed by atoms with van der Waals surface area (Å²) in [6.45, 7) is 3.58. The third kappa shape index (κ3) is 6.50. The van der Waals surface area contributed by atoms with E-state index in [0.29, 0.717) is 12.8 Å². The summed E-state index contributed by atoms with van der Waals surface area (Å²) in [5.41, 5.74) is 0.859. The Morgan fingerprint density at radius 2 is 1.70 bits per heavy atom. The van der Waals surface area contributed by atoms with Crippen molar-refractivity contribution in [1.82, 2.24) is 10.6 Å². The van der Waals surface area contributed by atoms with Gasteiger partial charge in [0.25, 0.3) is 0 Å². The monoisotopic (exact) mass is 320 g/mol. The lowest BCUT2D eigenvalue weighted by Crippen LogP contribution is -2.51. The molecule has 0 saturated carbocycles. The molecule has 1 rings (SSSR count). The zero-order chi connectivity index (χ0) is 17.2. The Kier molecular flexibility index (Phi) is 7.80. The Bertz CT molecular complexity index is 531. The number of carboxylic acid groups (broad SMARTS) is 1. The highest BCUT2D eigenvalue weighted by Crippen LogP contribution is 2.03. The summed E-state index contributed by atoms with van der Waals surface area (Å²) in [6, 6.07) is 7.58. The smallest absolute Gasteiger partial charge is 0.326 e. The zero-order valence-electron chi connectivity index (χ0n) is 13.5. The first-order chi connectivity index (χ1) is 11.0. The average molecular weight is 320 g/mol. The summed E-state index contributed by atoms with van der Waals surface area (Å²) in [6.07, 6.45) is 1.64. The number of benzene rings is 1. The van der Waals surface area contributed by atoms with Crippen molar-refractivity contribution < 1.29 is 19.5 Å². The number of nitrogens with one attached hydrogen (secondary N) is 2. The predicted octanol–water partition coefficient (Wildman–Crippen LogP) is 1.49. The zero-order valence-corrected chi connectivity index (χ0v) is 13.5. The van der Waals surface area contributed by atoms with Crippen LogP contribution in [0.5, 0.6) is 0 Å². The van der Waals surface area contributed by atoms with Crippen molar-refractivity contribution in [3.8, 4) is 0 Å². The molecule has 0 bridgehead atoms. The van der Waals surface area contributed by atoms with Crippen molar-refractivity contribution in [2.75, 3.05) is 0 Å². The Hall–Kier alpha value is -2.37. The predicted molar refractivity (Wildman–Crippen MR) is 86.8 cm³/mol. The standard InChI is InChI=1S/C17H24N2O4/c1-3-8-14(16(21)19-13(4-2)17(22)23)18-15(20)11-12-9-6-5-7-10-12/h5-7,9-10,13-14H,3-4,8,11H2,1-2H3,(H,18,20)(H,19,21)(H,22,23). The van der Waals surface area contributed by atoms with Gasteiger partial charge in [0, 0.05) is 0 Å². The van der Waals surface area contributed by atoms with Gasteiger partial charge in [-0.15, -0.1) is 0 Å². The number of hydrogen-bond donors (Lipinski definition) is 3. The molecule has 6 heteroatoms. The number of carbonyl (C=O) groups excluding carboxylic acids is 2. The van der Waals surface area contributed by atoms with Crippen molar-refractivity contribution in [1.29, 1.82) is 0 Å². The molecular formula is C17H24N2O4. The van der Waals surface area contributed by atoms with Crippen LogP contribution >= 0.6 is 0 Å². The molecule has 2 atom stereocenters. The van der Waals surface area contributed by atoms with Crippen LogP contribution in [0.15, 0.2) is 30.3 Å². The van der Waals surface area contributed by atoms with Crippen LogP contribution in [0.3, 0.4) is 0 Å². The van der Waals surface area contributed by atoms with Gasteiger partial charge in [-0.05, 0) is 18.4 Å². The SMILES string of the molecule is CCCC(NC(=O)Cc1ccccc1)C(=O)NC(CC)C(=O)O. The number of carboxylic acids is 1. The molecule has 0 aliphatic carbocycles. The van der Waals surface area contributed by atoms with E-state index in [0.717, 1.165) is 5.56 Å². The van der Waals surface area contributed by atoms with Crippen molar-refractivity contribution in [3.05, 3.63) is 35.9 Å². The molecule has 3 N–H and O–H groups in total. The first-order valence-electron chi connectivity index (χ1n) is 7.84. The highest BCUT2D eigenvalue weighted by Gasteiger charge is 2.24. The van der Waals surface area contributed by atoms with E-state index in [9.17, 15) is 14.4 Å². The fourth-order valence-electron chi connectivity index (χ4n) is 2.19. The van der Waals surface area contributed by atoms with Gasteiger partial charge in [0.05, 0.1) is 6.42 Å². The topological polar surface area (TPSA) is 95.5 Å². The van der Waals surface area contributed by atoms with Gasteiger partial charge in [-0.3, -0.25) is 9.59 Å². The molecular weight excluding hydrogens is 296 g/mol. The number of carbonyl (C=O) groups is 3. The molecule has 2 unspecified atom stereocenters. The fourth-order valence-corrected chi connectivity index (χ4v) is 2.19. The molecule has 0 fully saturated rings. The van der Waals surface area contributed by atoms with Crippen molar-refractivity contribution in [2.24, 2.45) is 0 Å². The molecule has 6 nitrogen and oxygen atoms in total. The van der Waals surface area contributed by atoms with E-state index in [1.165, 1.54) is 0 Å². The van der Waals surface area contributed by atoms with E-state index >= 15 is 0 Å². The van der Waals surface area contributed by atoms with Crippen LogP contribution < -0.4 is 10.6 Å². The maximum Gasteiger partial charge on any atom is 0.326 e. The fraction of sp³-hybridized carbons (Fsp3) is 0.471. The van der Waals surface area contributed by atoms with E-state index < -0.39 is 24.0 Å². The maximum absolute atomic E-state index is 12.2. The molecule has 23 heavy (non-hydrogen) atoms. The van der Waals surface area contributed by atoms with Crippen LogP contribution in [0.4, 0.5) is 0 Å². The summed E-state index contributed by atoms with van der Waals surface area (Å²) in [5, 5.41) is 14.2. The van der Waals surface area contributed by atoms with Gasteiger partial charge in [-0.1, -0.05) is 50.6 Å². The second-order valence-corrected chi connectivity index (χ2v) is 5.38. The summed E-state index contributed by atoms with van der Waals surface area (Å²) in [5.74, 6) is -1.79. The van der Waals surface area contributed by atoms with E-state index in [1.807, 2.05) is 37.3 Å². The number of rotatable bonds is 9. The number of amides is 2. The molecule has 0 spiro atoms. The molecule has 0 saturated heterocycles. The van der Waals surface area contributed by atoms with E-state index in [1.54, 1.807) is 6.92 Å². The maximum atomic E-state index is 12.2. The highest BCUT2D eigenvalue weighted by atomic mass is 16.4. The van der Waals surface area contributed by atoms with Gasteiger partial charge in [0.15, 0.2) is 0 Å². The molecule has 1 aromatic carbocycles. The van der Waals surface area contributed by atoms with Crippen LogP contribution in [0, 0.1) is 0 Å². The summed E-state index contributed by atoms with van der Waals surface area (Å²) in [4.78, 5) is 35.3. The highest BCUT2D eigenvalue weighted by molar-refractivity contribution is 5.90. The molecule has 0 aliphatic heterocycles. The van der Waals surface area contributed by atoms with E-state index in [4.69, 9.17) is 5.11 Å². The third-order valence-electron chi connectivity index (χ3n) is 3.46. The molecule has 0 heterocycles. The van der Waals surface area contributed by atoms with Gasteiger partial charge < -0.3 is 15.7 Å². The van der Waals surface area contributed by atoms with Crippen LogP contribution in [-0.4, -0.2) is 35.0 Å².